The number of hydrogen-bond donors (Lipinski definition) is 2. The van der Waals surface area contributed by atoms with E-state index in [1.54, 1.807) is 19.2 Å². The molecule has 2 aromatic heterocycles. The maximum atomic E-state index is 14.6. The van der Waals surface area contributed by atoms with E-state index in [2.05, 4.69) is 16.7 Å². The number of nitrogens with zero attached hydrogens (tertiary/aromatic N) is 2. The summed E-state index contributed by atoms with van der Waals surface area (Å²) < 4.78 is 32.8. The lowest BCUT2D eigenvalue weighted by molar-refractivity contribution is -0.143. The van der Waals surface area contributed by atoms with E-state index in [1.165, 1.54) is 24.8 Å². The molecule has 3 aromatic rings. The number of nitrogens with one attached hydrogen (secondary N) is 2. The minimum Gasteiger partial charge on any atom is -0.494 e. The first kappa shape index (κ1) is 31.0. The van der Waals surface area contributed by atoms with Crippen LogP contribution in [0.4, 0.5) is 10.2 Å². The molecule has 42 heavy (non-hydrogen) atoms. The van der Waals surface area contributed by atoms with Gasteiger partial charge in [0.25, 0.3) is 5.91 Å². The van der Waals surface area contributed by atoms with Crippen LogP contribution in [0, 0.1) is 12.7 Å². The SMILES string of the molecule is CCOC(=O)C[C@H](NC(=O)c1cn(Cc2cc3c(nc2C)NCCC3)cc1COC(C)(C)C)c1ccc(OC)c(F)c1. The summed E-state index contributed by atoms with van der Waals surface area (Å²) in [5.74, 6) is -0.486. The van der Waals surface area contributed by atoms with Gasteiger partial charge in [0.2, 0.25) is 0 Å². The summed E-state index contributed by atoms with van der Waals surface area (Å²) in [6, 6.07) is 5.72. The molecule has 1 aliphatic rings. The van der Waals surface area contributed by atoms with Gasteiger partial charge in [-0.25, -0.2) is 9.37 Å². The summed E-state index contributed by atoms with van der Waals surface area (Å²) in [6.07, 6.45) is 5.56. The van der Waals surface area contributed by atoms with E-state index in [-0.39, 0.29) is 25.4 Å². The molecule has 3 heterocycles. The zero-order valence-corrected chi connectivity index (χ0v) is 25.3. The molecule has 0 spiro atoms. The Hall–Kier alpha value is -3.92. The van der Waals surface area contributed by atoms with Crippen LogP contribution >= 0.6 is 0 Å². The number of aryl methyl sites for hydroxylation is 2. The minimum absolute atomic E-state index is 0.0707. The van der Waals surface area contributed by atoms with E-state index in [0.29, 0.717) is 23.2 Å². The van der Waals surface area contributed by atoms with E-state index < -0.39 is 29.3 Å². The Labute approximate surface area is 246 Å². The number of anilines is 1. The number of carbonyl (C=O) groups is 2. The van der Waals surface area contributed by atoms with Gasteiger partial charge < -0.3 is 29.4 Å². The number of amides is 1. The van der Waals surface area contributed by atoms with Crippen LogP contribution in [0.15, 0.2) is 36.7 Å². The first-order valence-corrected chi connectivity index (χ1v) is 14.3. The van der Waals surface area contributed by atoms with Gasteiger partial charge in [0.15, 0.2) is 11.6 Å². The van der Waals surface area contributed by atoms with Crippen molar-refractivity contribution in [1.82, 2.24) is 14.9 Å². The summed E-state index contributed by atoms with van der Waals surface area (Å²) >= 11 is 0. The number of benzene rings is 1. The molecule has 1 aromatic carbocycles. The van der Waals surface area contributed by atoms with Crippen molar-refractivity contribution in [1.29, 1.82) is 0 Å². The van der Waals surface area contributed by atoms with Gasteiger partial charge in [-0.15, -0.1) is 0 Å². The van der Waals surface area contributed by atoms with Crippen molar-refractivity contribution in [3.63, 3.8) is 0 Å². The number of esters is 1. The number of hydrogen-bond acceptors (Lipinski definition) is 7. The lowest BCUT2D eigenvalue weighted by Crippen LogP contribution is -2.31. The molecule has 1 aliphatic heterocycles. The summed E-state index contributed by atoms with van der Waals surface area (Å²) in [7, 11) is 1.38. The third-order valence-corrected chi connectivity index (χ3v) is 7.09. The maximum Gasteiger partial charge on any atom is 0.308 e. The Morgan fingerprint density at radius 2 is 1.98 bits per heavy atom. The lowest BCUT2D eigenvalue weighted by Gasteiger charge is -2.21. The first-order chi connectivity index (χ1) is 20.0. The number of aromatic nitrogens is 2. The molecule has 1 atom stereocenters. The number of rotatable bonds is 11. The highest BCUT2D eigenvalue weighted by molar-refractivity contribution is 5.96. The number of methoxy groups -OCH3 is 1. The molecular weight excluding hydrogens is 539 g/mol. The van der Waals surface area contributed by atoms with E-state index >= 15 is 0 Å². The van der Waals surface area contributed by atoms with Crippen LogP contribution in [-0.2, 0) is 33.8 Å². The Morgan fingerprint density at radius 3 is 2.67 bits per heavy atom. The molecule has 0 unspecified atom stereocenters. The molecule has 226 valence electrons. The summed E-state index contributed by atoms with van der Waals surface area (Å²) in [6.45, 7) is 11.4. The highest BCUT2D eigenvalue weighted by Gasteiger charge is 2.25. The lowest BCUT2D eigenvalue weighted by atomic mass is 10.0. The smallest absolute Gasteiger partial charge is 0.308 e. The molecule has 2 N–H and O–H groups in total. The standard InChI is InChI=1S/C32H41FN4O5/c1-7-41-29(38)15-27(21-10-11-28(40-6)26(33)14-21)36-31(39)25-18-37(17-24(25)19-42-32(3,4)5)16-23-13-22-9-8-12-34-30(22)35-20(23)2/h10-11,13-14,17-18,27H,7-9,12,15-16,19H2,1-6H3,(H,34,35)(H,36,39)/t27-/m0/s1. The molecular formula is C32H41FN4O5. The number of ether oxygens (including phenoxy) is 3. The van der Waals surface area contributed by atoms with E-state index in [9.17, 15) is 14.0 Å². The molecule has 10 heteroatoms. The van der Waals surface area contributed by atoms with Gasteiger partial charge in [0, 0.05) is 36.7 Å². The van der Waals surface area contributed by atoms with Crippen molar-refractivity contribution in [3.05, 3.63) is 76.0 Å². The van der Waals surface area contributed by atoms with Gasteiger partial charge >= 0.3 is 5.97 Å². The predicted molar refractivity (Wildman–Crippen MR) is 158 cm³/mol. The van der Waals surface area contributed by atoms with Crippen molar-refractivity contribution >= 4 is 17.7 Å². The summed E-state index contributed by atoms with van der Waals surface area (Å²) in [5.41, 5.74) is 4.29. The summed E-state index contributed by atoms with van der Waals surface area (Å²) in [4.78, 5) is 31.0. The fourth-order valence-corrected chi connectivity index (χ4v) is 4.92. The van der Waals surface area contributed by atoms with Crippen molar-refractivity contribution in [3.8, 4) is 5.75 Å². The number of fused-ring (bicyclic) bond motifs is 1. The van der Waals surface area contributed by atoms with Gasteiger partial charge in [-0.05, 0) is 82.3 Å². The van der Waals surface area contributed by atoms with Crippen LogP contribution in [0.1, 0.15) is 84.9 Å². The van der Waals surface area contributed by atoms with Gasteiger partial charge in [-0.3, -0.25) is 9.59 Å². The largest absolute Gasteiger partial charge is 0.494 e. The Morgan fingerprint density at radius 1 is 1.19 bits per heavy atom. The molecule has 0 bridgehead atoms. The number of halogens is 1. The van der Waals surface area contributed by atoms with Crippen LogP contribution in [0.25, 0.3) is 0 Å². The minimum atomic E-state index is -0.823. The van der Waals surface area contributed by atoms with Crippen molar-refractivity contribution in [2.45, 2.75) is 78.7 Å². The zero-order valence-electron chi connectivity index (χ0n) is 25.3. The van der Waals surface area contributed by atoms with Crippen molar-refractivity contribution in [2.75, 3.05) is 25.6 Å². The average Bonchev–Trinajstić information content (AvgIpc) is 3.34. The summed E-state index contributed by atoms with van der Waals surface area (Å²) in [5, 5.41) is 6.30. The highest BCUT2D eigenvalue weighted by atomic mass is 19.1. The highest BCUT2D eigenvalue weighted by Crippen LogP contribution is 2.27. The Kier molecular flexibility index (Phi) is 9.88. The van der Waals surface area contributed by atoms with Crippen molar-refractivity contribution in [2.24, 2.45) is 0 Å². The second kappa shape index (κ2) is 13.4. The van der Waals surface area contributed by atoms with Gasteiger partial charge in [-0.1, -0.05) is 6.07 Å². The zero-order chi connectivity index (χ0) is 30.4. The van der Waals surface area contributed by atoms with Gasteiger partial charge in [0.1, 0.15) is 5.82 Å². The maximum absolute atomic E-state index is 14.6. The Bertz CT molecular complexity index is 1430. The molecule has 9 nitrogen and oxygen atoms in total. The third-order valence-electron chi connectivity index (χ3n) is 7.09. The molecule has 0 aliphatic carbocycles. The quantitative estimate of drug-likeness (QED) is 0.289. The normalized spacial score (nSPS) is 13.6. The molecule has 0 saturated heterocycles. The second-order valence-electron chi connectivity index (χ2n) is 11.5. The van der Waals surface area contributed by atoms with E-state index in [0.717, 1.165) is 36.5 Å². The number of carbonyl (C=O) groups excluding carboxylic acids is 2. The first-order valence-electron chi connectivity index (χ1n) is 14.3. The van der Waals surface area contributed by atoms with Crippen LogP contribution in [0.2, 0.25) is 0 Å². The fourth-order valence-electron chi connectivity index (χ4n) is 4.92. The molecule has 0 saturated carbocycles. The monoisotopic (exact) mass is 580 g/mol. The van der Waals surface area contributed by atoms with Crippen molar-refractivity contribution < 1.29 is 28.2 Å². The number of pyridine rings is 1. The molecule has 4 rings (SSSR count). The van der Waals surface area contributed by atoms with E-state index in [4.69, 9.17) is 19.2 Å². The van der Waals surface area contributed by atoms with Gasteiger partial charge in [-0.2, -0.15) is 0 Å². The van der Waals surface area contributed by atoms with Crippen LogP contribution in [-0.4, -0.2) is 47.3 Å². The molecule has 0 radical (unpaired) electrons. The predicted octanol–water partition coefficient (Wildman–Crippen LogP) is 5.49. The Balaban J connectivity index is 1.64. The van der Waals surface area contributed by atoms with Gasteiger partial charge in [0.05, 0.1) is 44.0 Å². The molecule has 0 fully saturated rings. The fraction of sp³-hybridized carbons (Fsp3) is 0.469. The van der Waals surface area contributed by atoms with Crippen LogP contribution in [0.5, 0.6) is 5.75 Å². The molecule has 1 amide bonds. The average molecular weight is 581 g/mol. The topological polar surface area (TPSA) is 104 Å². The van der Waals surface area contributed by atoms with Crippen LogP contribution in [0.3, 0.4) is 0 Å². The van der Waals surface area contributed by atoms with E-state index in [1.807, 2.05) is 38.5 Å². The second-order valence-corrected chi connectivity index (χ2v) is 11.5. The third kappa shape index (κ3) is 7.88. The van der Waals surface area contributed by atoms with Crippen LogP contribution < -0.4 is 15.4 Å².